The number of ether oxygens (including phenoxy) is 2. The first-order valence-electron chi connectivity index (χ1n) is 11.1. The molecule has 0 unspecified atom stereocenters. The monoisotopic (exact) mass is 420 g/mol. The summed E-state index contributed by atoms with van der Waals surface area (Å²) in [6.07, 6.45) is 4.48. The number of hydrogen-bond acceptors (Lipinski definition) is 4. The molecule has 2 amide bonds. The highest BCUT2D eigenvalue weighted by Gasteiger charge is 2.46. The molecule has 1 atom stereocenters. The van der Waals surface area contributed by atoms with E-state index in [4.69, 9.17) is 9.47 Å². The van der Waals surface area contributed by atoms with Crippen molar-refractivity contribution in [2.75, 3.05) is 25.1 Å². The van der Waals surface area contributed by atoms with Gasteiger partial charge in [0.1, 0.15) is 13.2 Å². The zero-order valence-electron chi connectivity index (χ0n) is 18.1. The van der Waals surface area contributed by atoms with Crippen molar-refractivity contribution in [2.24, 2.45) is 0 Å². The van der Waals surface area contributed by atoms with E-state index in [1.165, 1.54) is 25.3 Å². The van der Waals surface area contributed by atoms with Crippen LogP contribution in [0.1, 0.15) is 67.1 Å². The molecule has 1 spiro atoms. The molecule has 0 bridgehead atoms. The predicted octanol–water partition coefficient (Wildman–Crippen LogP) is 4.45. The van der Waals surface area contributed by atoms with Crippen molar-refractivity contribution in [3.8, 4) is 11.5 Å². The third-order valence-electron chi connectivity index (χ3n) is 6.93. The Bertz CT molecular complexity index is 1040. The molecule has 1 fully saturated rings. The van der Waals surface area contributed by atoms with Crippen LogP contribution in [0.2, 0.25) is 0 Å². The lowest BCUT2D eigenvalue weighted by molar-refractivity contribution is -0.114. The van der Waals surface area contributed by atoms with Gasteiger partial charge in [-0.15, -0.1) is 0 Å². The Morgan fingerprint density at radius 1 is 1.06 bits per heavy atom. The third-order valence-corrected chi connectivity index (χ3v) is 6.93. The third kappa shape index (κ3) is 3.44. The van der Waals surface area contributed by atoms with Crippen LogP contribution in [-0.4, -0.2) is 36.5 Å². The standard InChI is InChI=1S/C25H28N2O4/c1-16-20-13-22-23(31-11-10-30-22)14-21(20)25(8-3-4-9-25)15-27(16)24(29)18-6-5-7-19(12-18)26-17(2)28/h5-7,12-14,16H,3-4,8-11,15H2,1-2H3,(H,26,28)/t16-/m1/s1. The second-order valence-electron chi connectivity index (χ2n) is 8.94. The van der Waals surface area contributed by atoms with Gasteiger partial charge < -0.3 is 19.7 Å². The number of nitrogens with zero attached hydrogens (tertiary/aromatic N) is 1. The number of amides is 2. The number of nitrogens with one attached hydrogen (secondary N) is 1. The maximum Gasteiger partial charge on any atom is 0.254 e. The number of carbonyl (C=O) groups excluding carboxylic acids is 2. The fourth-order valence-electron chi connectivity index (χ4n) is 5.45. The summed E-state index contributed by atoms with van der Waals surface area (Å²) >= 11 is 0. The van der Waals surface area contributed by atoms with Gasteiger partial charge in [0, 0.05) is 30.1 Å². The van der Waals surface area contributed by atoms with Crippen molar-refractivity contribution in [3.63, 3.8) is 0 Å². The maximum atomic E-state index is 13.6. The number of hydrogen-bond donors (Lipinski definition) is 1. The van der Waals surface area contributed by atoms with E-state index < -0.39 is 0 Å². The van der Waals surface area contributed by atoms with E-state index in [-0.39, 0.29) is 23.3 Å². The van der Waals surface area contributed by atoms with Gasteiger partial charge in [-0.1, -0.05) is 18.9 Å². The Labute approximate surface area is 182 Å². The lowest BCUT2D eigenvalue weighted by Crippen LogP contribution is -2.48. The average molecular weight is 421 g/mol. The van der Waals surface area contributed by atoms with Crippen LogP contribution < -0.4 is 14.8 Å². The largest absolute Gasteiger partial charge is 0.486 e. The summed E-state index contributed by atoms with van der Waals surface area (Å²) in [5, 5.41) is 2.77. The van der Waals surface area contributed by atoms with Gasteiger partial charge in [0.05, 0.1) is 6.04 Å². The first-order chi connectivity index (χ1) is 15.0. The molecule has 5 rings (SSSR count). The van der Waals surface area contributed by atoms with Crippen LogP contribution in [0.5, 0.6) is 11.5 Å². The molecule has 6 nitrogen and oxygen atoms in total. The van der Waals surface area contributed by atoms with Gasteiger partial charge in [-0.25, -0.2) is 0 Å². The van der Waals surface area contributed by atoms with Crippen LogP contribution in [0, 0.1) is 0 Å². The highest BCUT2D eigenvalue weighted by atomic mass is 16.6. The summed E-state index contributed by atoms with van der Waals surface area (Å²) in [6.45, 7) is 5.37. The minimum absolute atomic E-state index is 0.00786. The molecule has 2 aliphatic heterocycles. The summed E-state index contributed by atoms with van der Waals surface area (Å²) in [5.74, 6) is 1.44. The van der Waals surface area contributed by atoms with Crippen molar-refractivity contribution < 1.29 is 19.1 Å². The van der Waals surface area contributed by atoms with E-state index in [1.54, 1.807) is 12.1 Å². The highest BCUT2D eigenvalue weighted by molar-refractivity contribution is 5.97. The van der Waals surface area contributed by atoms with Crippen LogP contribution in [-0.2, 0) is 10.2 Å². The molecule has 2 aromatic rings. The Hall–Kier alpha value is -3.02. The molecule has 0 saturated heterocycles. The molecular weight excluding hydrogens is 392 g/mol. The van der Waals surface area contributed by atoms with Gasteiger partial charge in [-0.2, -0.15) is 0 Å². The minimum atomic E-state index is -0.151. The number of carbonyl (C=O) groups is 2. The first kappa shape index (κ1) is 19.9. The Balaban J connectivity index is 1.54. The highest BCUT2D eigenvalue weighted by Crippen LogP contribution is 2.52. The van der Waals surface area contributed by atoms with Gasteiger partial charge in [0.25, 0.3) is 5.91 Å². The summed E-state index contributed by atoms with van der Waals surface area (Å²) in [7, 11) is 0. The van der Waals surface area contributed by atoms with Crippen molar-refractivity contribution in [1.29, 1.82) is 0 Å². The van der Waals surface area contributed by atoms with Crippen molar-refractivity contribution >= 4 is 17.5 Å². The predicted molar refractivity (Wildman–Crippen MR) is 118 cm³/mol. The summed E-state index contributed by atoms with van der Waals surface area (Å²) < 4.78 is 11.7. The molecule has 3 aliphatic rings. The molecule has 1 saturated carbocycles. The molecule has 0 radical (unpaired) electrons. The van der Waals surface area contributed by atoms with Crippen LogP contribution >= 0.6 is 0 Å². The second-order valence-corrected chi connectivity index (χ2v) is 8.94. The lowest BCUT2D eigenvalue weighted by Gasteiger charge is -2.46. The number of fused-ring (bicyclic) bond motifs is 3. The zero-order valence-corrected chi connectivity index (χ0v) is 18.1. The maximum absolute atomic E-state index is 13.6. The molecule has 0 aromatic heterocycles. The Kier molecular flexibility index (Phi) is 4.88. The van der Waals surface area contributed by atoms with Gasteiger partial charge in [-0.05, 0) is 61.2 Å². The van der Waals surface area contributed by atoms with Crippen molar-refractivity contribution in [1.82, 2.24) is 4.90 Å². The topological polar surface area (TPSA) is 67.9 Å². The van der Waals surface area contributed by atoms with Gasteiger partial charge in [0.15, 0.2) is 11.5 Å². The summed E-state index contributed by atoms with van der Waals surface area (Å²) in [5.41, 5.74) is 3.66. The van der Waals surface area contributed by atoms with Crippen molar-refractivity contribution in [2.45, 2.75) is 51.0 Å². The molecule has 2 heterocycles. The number of anilines is 1. The summed E-state index contributed by atoms with van der Waals surface area (Å²) in [6, 6.07) is 11.4. The van der Waals surface area contributed by atoms with E-state index in [0.717, 1.165) is 29.9 Å². The zero-order chi connectivity index (χ0) is 21.6. The van der Waals surface area contributed by atoms with E-state index in [2.05, 4.69) is 24.4 Å². The smallest absolute Gasteiger partial charge is 0.254 e. The fourth-order valence-corrected chi connectivity index (χ4v) is 5.45. The molecule has 6 heteroatoms. The normalized spacial score (nSPS) is 21.0. The van der Waals surface area contributed by atoms with E-state index in [0.29, 0.717) is 31.0 Å². The molecular formula is C25H28N2O4. The fraction of sp³-hybridized carbons (Fsp3) is 0.440. The van der Waals surface area contributed by atoms with E-state index >= 15 is 0 Å². The Morgan fingerprint density at radius 2 is 1.77 bits per heavy atom. The van der Waals surface area contributed by atoms with E-state index in [1.807, 2.05) is 17.0 Å². The van der Waals surface area contributed by atoms with E-state index in [9.17, 15) is 9.59 Å². The van der Waals surface area contributed by atoms with Gasteiger partial charge in [0.2, 0.25) is 5.91 Å². The Morgan fingerprint density at radius 3 is 2.48 bits per heavy atom. The van der Waals surface area contributed by atoms with Crippen LogP contribution in [0.4, 0.5) is 5.69 Å². The molecule has 2 aromatic carbocycles. The van der Waals surface area contributed by atoms with Gasteiger partial charge >= 0.3 is 0 Å². The second kappa shape index (κ2) is 7.59. The van der Waals surface area contributed by atoms with Gasteiger partial charge in [-0.3, -0.25) is 9.59 Å². The molecule has 162 valence electrons. The number of rotatable bonds is 2. The number of benzene rings is 2. The lowest BCUT2D eigenvalue weighted by atomic mass is 9.71. The van der Waals surface area contributed by atoms with Crippen LogP contribution in [0.25, 0.3) is 0 Å². The first-order valence-corrected chi connectivity index (χ1v) is 11.1. The SMILES string of the molecule is CC(=O)Nc1cccc(C(=O)N2CC3(CCCC3)c3cc4c(cc3[C@H]2C)OCCO4)c1. The van der Waals surface area contributed by atoms with Crippen LogP contribution in [0.15, 0.2) is 36.4 Å². The average Bonchev–Trinajstić information content (AvgIpc) is 3.24. The molecule has 1 aliphatic carbocycles. The van der Waals surface area contributed by atoms with Crippen molar-refractivity contribution in [3.05, 3.63) is 53.1 Å². The minimum Gasteiger partial charge on any atom is -0.486 e. The molecule has 31 heavy (non-hydrogen) atoms. The van der Waals surface area contributed by atoms with Crippen LogP contribution in [0.3, 0.4) is 0 Å². The molecule has 1 N–H and O–H groups in total. The quantitative estimate of drug-likeness (QED) is 0.780. The summed E-state index contributed by atoms with van der Waals surface area (Å²) in [4.78, 5) is 27.1.